The minimum atomic E-state index is -3.27. The molecule has 0 aliphatic carbocycles. The fraction of sp³-hybridized carbons (Fsp3) is 0.429. The first kappa shape index (κ1) is 16.6. The Kier molecular flexibility index (Phi) is 5.62. The third-order valence-electron chi connectivity index (χ3n) is 3.01. The molecule has 0 amide bonds. The number of hydrogen-bond donors (Lipinski definition) is 1. The van der Waals surface area contributed by atoms with E-state index >= 15 is 0 Å². The van der Waals surface area contributed by atoms with Crippen molar-refractivity contribution in [2.24, 2.45) is 0 Å². The SMILES string of the molecule is CCCCS(=O)(=O)NCCc1nc(-c2ccccc2F)no1. The summed E-state index contributed by atoms with van der Waals surface area (Å²) < 4.78 is 44.3. The van der Waals surface area contributed by atoms with Crippen LogP contribution in [0.3, 0.4) is 0 Å². The molecule has 120 valence electrons. The van der Waals surface area contributed by atoms with Crippen molar-refractivity contribution in [2.75, 3.05) is 12.3 Å². The number of rotatable bonds is 8. The van der Waals surface area contributed by atoms with E-state index in [1.54, 1.807) is 18.2 Å². The maximum atomic E-state index is 13.6. The van der Waals surface area contributed by atoms with Gasteiger partial charge in [-0.1, -0.05) is 30.6 Å². The van der Waals surface area contributed by atoms with Crippen molar-refractivity contribution >= 4 is 10.0 Å². The molecule has 0 unspecified atom stereocenters. The van der Waals surface area contributed by atoms with E-state index in [9.17, 15) is 12.8 Å². The molecule has 0 saturated carbocycles. The molecule has 0 spiro atoms. The lowest BCUT2D eigenvalue weighted by molar-refractivity contribution is 0.378. The Labute approximate surface area is 128 Å². The van der Waals surface area contributed by atoms with Crippen LogP contribution in [-0.4, -0.2) is 30.9 Å². The van der Waals surface area contributed by atoms with Gasteiger partial charge in [-0.25, -0.2) is 17.5 Å². The van der Waals surface area contributed by atoms with Gasteiger partial charge in [-0.3, -0.25) is 0 Å². The fourth-order valence-corrected chi connectivity index (χ4v) is 3.05. The molecule has 1 N–H and O–H groups in total. The fourth-order valence-electron chi connectivity index (χ4n) is 1.83. The van der Waals surface area contributed by atoms with Crippen LogP contribution in [0.2, 0.25) is 0 Å². The average Bonchev–Trinajstić information content (AvgIpc) is 2.94. The van der Waals surface area contributed by atoms with Crippen molar-refractivity contribution in [2.45, 2.75) is 26.2 Å². The van der Waals surface area contributed by atoms with Gasteiger partial charge in [0, 0.05) is 13.0 Å². The number of sulfonamides is 1. The summed E-state index contributed by atoms with van der Waals surface area (Å²) in [5, 5.41) is 3.71. The van der Waals surface area contributed by atoms with Gasteiger partial charge in [-0.2, -0.15) is 4.98 Å². The number of halogens is 1. The number of aromatic nitrogens is 2. The van der Waals surface area contributed by atoms with Gasteiger partial charge < -0.3 is 4.52 Å². The molecule has 1 heterocycles. The minimum Gasteiger partial charge on any atom is -0.339 e. The third-order valence-corrected chi connectivity index (χ3v) is 4.48. The molecular weight excluding hydrogens is 309 g/mol. The van der Waals surface area contributed by atoms with Crippen molar-refractivity contribution in [3.05, 3.63) is 36.0 Å². The van der Waals surface area contributed by atoms with Crippen LogP contribution < -0.4 is 4.72 Å². The largest absolute Gasteiger partial charge is 0.339 e. The summed E-state index contributed by atoms with van der Waals surface area (Å²) in [5.74, 6) is 0.0851. The van der Waals surface area contributed by atoms with Crippen molar-refractivity contribution < 1.29 is 17.3 Å². The van der Waals surface area contributed by atoms with Gasteiger partial charge >= 0.3 is 0 Å². The van der Waals surface area contributed by atoms with Gasteiger partial charge in [0.05, 0.1) is 11.3 Å². The first-order valence-corrected chi connectivity index (χ1v) is 8.72. The Morgan fingerprint density at radius 2 is 2.09 bits per heavy atom. The predicted molar refractivity (Wildman–Crippen MR) is 80.1 cm³/mol. The Morgan fingerprint density at radius 1 is 1.32 bits per heavy atom. The molecule has 1 aromatic heterocycles. The predicted octanol–water partition coefficient (Wildman–Crippen LogP) is 2.14. The zero-order valence-electron chi connectivity index (χ0n) is 12.3. The molecule has 0 radical (unpaired) electrons. The molecule has 1 aromatic carbocycles. The van der Waals surface area contributed by atoms with E-state index in [1.165, 1.54) is 6.07 Å². The van der Waals surface area contributed by atoms with Crippen LogP contribution in [0.25, 0.3) is 11.4 Å². The average molecular weight is 327 g/mol. The Morgan fingerprint density at radius 3 is 2.82 bits per heavy atom. The topological polar surface area (TPSA) is 85.1 Å². The zero-order valence-corrected chi connectivity index (χ0v) is 13.1. The number of nitrogens with zero attached hydrogens (tertiary/aromatic N) is 2. The van der Waals surface area contributed by atoms with E-state index in [2.05, 4.69) is 14.9 Å². The molecule has 0 atom stereocenters. The highest BCUT2D eigenvalue weighted by Gasteiger charge is 2.13. The van der Waals surface area contributed by atoms with Crippen LogP contribution in [0.15, 0.2) is 28.8 Å². The Bertz CT molecular complexity index is 716. The lowest BCUT2D eigenvalue weighted by Gasteiger charge is -2.03. The lowest BCUT2D eigenvalue weighted by Crippen LogP contribution is -2.28. The van der Waals surface area contributed by atoms with E-state index in [-0.39, 0.29) is 36.0 Å². The Balaban J connectivity index is 1.92. The second-order valence-corrected chi connectivity index (χ2v) is 6.73. The van der Waals surface area contributed by atoms with Crippen molar-refractivity contribution in [1.82, 2.24) is 14.9 Å². The lowest BCUT2D eigenvalue weighted by atomic mass is 10.2. The molecule has 0 aliphatic heterocycles. The molecule has 0 bridgehead atoms. The molecule has 22 heavy (non-hydrogen) atoms. The Hall–Kier alpha value is -1.80. The van der Waals surface area contributed by atoms with Gasteiger partial charge in [0.15, 0.2) is 0 Å². The zero-order chi connectivity index (χ0) is 16.0. The molecule has 0 saturated heterocycles. The summed E-state index contributed by atoms with van der Waals surface area (Å²) in [5.41, 5.74) is 0.251. The maximum absolute atomic E-state index is 13.6. The second-order valence-electron chi connectivity index (χ2n) is 4.81. The monoisotopic (exact) mass is 327 g/mol. The summed E-state index contributed by atoms with van der Waals surface area (Å²) in [6, 6.07) is 6.12. The standard InChI is InChI=1S/C14H18FN3O3S/c1-2-3-10-22(19,20)16-9-8-13-17-14(18-21-13)11-6-4-5-7-12(11)15/h4-7,16H,2-3,8-10H2,1H3. The van der Waals surface area contributed by atoms with Crippen molar-refractivity contribution in [3.63, 3.8) is 0 Å². The van der Waals surface area contributed by atoms with E-state index in [4.69, 9.17) is 4.52 Å². The number of unbranched alkanes of at least 4 members (excludes halogenated alkanes) is 1. The summed E-state index contributed by atoms with van der Waals surface area (Å²) in [4.78, 5) is 4.07. The van der Waals surface area contributed by atoms with E-state index in [0.717, 1.165) is 6.42 Å². The maximum Gasteiger partial charge on any atom is 0.228 e. The summed E-state index contributed by atoms with van der Waals surface area (Å²) in [6.45, 7) is 2.10. The van der Waals surface area contributed by atoms with Gasteiger partial charge in [0.1, 0.15) is 5.82 Å². The molecular formula is C14H18FN3O3S. The molecule has 0 aliphatic rings. The molecule has 8 heteroatoms. The van der Waals surface area contributed by atoms with Crippen LogP contribution in [0.4, 0.5) is 4.39 Å². The van der Waals surface area contributed by atoms with Gasteiger partial charge in [0.2, 0.25) is 21.7 Å². The second kappa shape index (κ2) is 7.46. The highest BCUT2D eigenvalue weighted by atomic mass is 32.2. The number of hydrogen-bond acceptors (Lipinski definition) is 5. The smallest absolute Gasteiger partial charge is 0.228 e. The number of benzene rings is 1. The van der Waals surface area contributed by atoms with Crippen LogP contribution >= 0.6 is 0 Å². The van der Waals surface area contributed by atoms with Gasteiger partial charge in [-0.15, -0.1) is 0 Å². The minimum absolute atomic E-state index is 0.105. The summed E-state index contributed by atoms with van der Waals surface area (Å²) in [7, 11) is -3.27. The summed E-state index contributed by atoms with van der Waals surface area (Å²) in [6.07, 6.45) is 1.69. The van der Waals surface area contributed by atoms with E-state index in [0.29, 0.717) is 6.42 Å². The highest BCUT2D eigenvalue weighted by molar-refractivity contribution is 7.89. The quantitative estimate of drug-likeness (QED) is 0.803. The highest BCUT2D eigenvalue weighted by Crippen LogP contribution is 2.19. The number of nitrogens with one attached hydrogen (secondary N) is 1. The van der Waals surface area contributed by atoms with Gasteiger partial charge in [-0.05, 0) is 18.6 Å². The van der Waals surface area contributed by atoms with Gasteiger partial charge in [0.25, 0.3) is 0 Å². The van der Waals surface area contributed by atoms with Crippen LogP contribution in [0.5, 0.6) is 0 Å². The molecule has 0 fully saturated rings. The van der Waals surface area contributed by atoms with Crippen LogP contribution in [-0.2, 0) is 16.4 Å². The summed E-state index contributed by atoms with van der Waals surface area (Å²) >= 11 is 0. The van der Waals surface area contributed by atoms with E-state index < -0.39 is 15.8 Å². The third kappa shape index (κ3) is 4.60. The van der Waals surface area contributed by atoms with Crippen LogP contribution in [0.1, 0.15) is 25.7 Å². The molecule has 2 aromatic rings. The van der Waals surface area contributed by atoms with Crippen molar-refractivity contribution in [1.29, 1.82) is 0 Å². The van der Waals surface area contributed by atoms with Crippen LogP contribution in [0, 0.1) is 5.82 Å². The van der Waals surface area contributed by atoms with Crippen molar-refractivity contribution in [3.8, 4) is 11.4 Å². The first-order valence-electron chi connectivity index (χ1n) is 7.06. The normalized spacial score (nSPS) is 11.7. The first-order chi connectivity index (χ1) is 10.5. The molecule has 6 nitrogen and oxygen atoms in total. The molecule has 2 rings (SSSR count). The van der Waals surface area contributed by atoms with E-state index in [1.807, 2.05) is 6.92 Å².